The second-order valence-electron chi connectivity index (χ2n) is 5.40. The van der Waals surface area contributed by atoms with E-state index in [0.29, 0.717) is 6.04 Å². The first kappa shape index (κ1) is 13.6. The van der Waals surface area contributed by atoms with Crippen molar-refractivity contribution in [1.82, 2.24) is 9.88 Å². The van der Waals surface area contributed by atoms with Crippen LogP contribution in [0.2, 0.25) is 0 Å². The van der Waals surface area contributed by atoms with E-state index in [2.05, 4.69) is 42.3 Å². The number of anilines is 2. The van der Waals surface area contributed by atoms with E-state index < -0.39 is 0 Å². The van der Waals surface area contributed by atoms with E-state index in [0.717, 1.165) is 34.5 Å². The van der Waals surface area contributed by atoms with Gasteiger partial charge in [0.25, 0.3) is 0 Å². The van der Waals surface area contributed by atoms with Gasteiger partial charge in [0, 0.05) is 35.0 Å². The van der Waals surface area contributed by atoms with Crippen molar-refractivity contribution in [3.63, 3.8) is 0 Å². The van der Waals surface area contributed by atoms with Gasteiger partial charge in [0.15, 0.2) is 0 Å². The van der Waals surface area contributed by atoms with Gasteiger partial charge in [0.05, 0.1) is 5.52 Å². The van der Waals surface area contributed by atoms with E-state index in [1.54, 1.807) is 0 Å². The first-order valence-corrected chi connectivity index (χ1v) is 6.54. The Morgan fingerprint density at radius 3 is 2.74 bits per heavy atom. The average molecular weight is 258 g/mol. The molecule has 0 bridgehead atoms. The number of hydrogen-bond donors (Lipinski definition) is 2. The molecule has 0 aliphatic carbocycles. The largest absolute Gasteiger partial charge is 0.399 e. The summed E-state index contributed by atoms with van der Waals surface area (Å²) in [6, 6.07) is 8.28. The van der Waals surface area contributed by atoms with E-state index in [9.17, 15) is 0 Å². The molecule has 1 aromatic heterocycles. The zero-order chi connectivity index (χ0) is 14.0. The first-order chi connectivity index (χ1) is 8.95. The maximum atomic E-state index is 5.88. The summed E-state index contributed by atoms with van der Waals surface area (Å²) in [5, 5.41) is 4.63. The molecule has 0 saturated carbocycles. The molecule has 0 radical (unpaired) electrons. The molecule has 0 spiro atoms. The summed E-state index contributed by atoms with van der Waals surface area (Å²) >= 11 is 0. The lowest BCUT2D eigenvalue weighted by atomic mass is 10.1. The highest BCUT2D eigenvalue weighted by atomic mass is 15.1. The molecule has 19 heavy (non-hydrogen) atoms. The predicted octanol–water partition coefficient (Wildman–Crippen LogP) is 2.49. The van der Waals surface area contributed by atoms with Gasteiger partial charge in [-0.3, -0.25) is 4.98 Å². The third-order valence-electron chi connectivity index (χ3n) is 3.00. The minimum atomic E-state index is 0.362. The monoisotopic (exact) mass is 258 g/mol. The minimum absolute atomic E-state index is 0.362. The number of nitrogens with two attached hydrogens (primary N) is 1. The van der Waals surface area contributed by atoms with Gasteiger partial charge in [-0.1, -0.05) is 0 Å². The molecule has 0 saturated heterocycles. The van der Waals surface area contributed by atoms with Gasteiger partial charge in [-0.05, 0) is 52.2 Å². The van der Waals surface area contributed by atoms with Gasteiger partial charge < -0.3 is 16.0 Å². The fourth-order valence-electron chi connectivity index (χ4n) is 2.35. The van der Waals surface area contributed by atoms with Crippen LogP contribution in [0.25, 0.3) is 10.9 Å². The molecule has 0 fully saturated rings. The van der Waals surface area contributed by atoms with E-state index in [4.69, 9.17) is 5.73 Å². The summed E-state index contributed by atoms with van der Waals surface area (Å²) in [7, 11) is 4.15. The fraction of sp³-hybridized carbons (Fsp3) is 0.400. The van der Waals surface area contributed by atoms with Crippen LogP contribution >= 0.6 is 0 Å². The molecular formula is C15H22N4. The lowest BCUT2D eigenvalue weighted by Crippen LogP contribution is -2.29. The summed E-state index contributed by atoms with van der Waals surface area (Å²) in [5.41, 5.74) is 9.74. The Bertz CT molecular complexity index is 578. The van der Waals surface area contributed by atoms with E-state index >= 15 is 0 Å². The van der Waals surface area contributed by atoms with Crippen LogP contribution in [0.4, 0.5) is 11.4 Å². The first-order valence-electron chi connectivity index (χ1n) is 6.54. The van der Waals surface area contributed by atoms with Gasteiger partial charge in [-0.15, -0.1) is 0 Å². The Balaban J connectivity index is 2.38. The molecular weight excluding hydrogens is 236 g/mol. The van der Waals surface area contributed by atoms with Gasteiger partial charge >= 0.3 is 0 Å². The van der Waals surface area contributed by atoms with Crippen LogP contribution in [0.1, 0.15) is 12.6 Å². The normalized spacial score (nSPS) is 12.9. The van der Waals surface area contributed by atoms with Gasteiger partial charge in [0.1, 0.15) is 0 Å². The van der Waals surface area contributed by atoms with Crippen molar-refractivity contribution in [3.8, 4) is 0 Å². The van der Waals surface area contributed by atoms with Crippen molar-refractivity contribution < 1.29 is 0 Å². The summed E-state index contributed by atoms with van der Waals surface area (Å²) in [6.45, 7) is 5.16. The number of aryl methyl sites for hydroxylation is 1. The van der Waals surface area contributed by atoms with Crippen molar-refractivity contribution in [2.75, 3.05) is 31.7 Å². The summed E-state index contributed by atoms with van der Waals surface area (Å²) in [5.74, 6) is 0. The summed E-state index contributed by atoms with van der Waals surface area (Å²) in [4.78, 5) is 6.71. The Hall–Kier alpha value is -1.81. The molecule has 0 amide bonds. The van der Waals surface area contributed by atoms with Crippen molar-refractivity contribution >= 4 is 22.3 Å². The molecule has 0 aliphatic rings. The molecule has 1 aromatic carbocycles. The maximum Gasteiger partial charge on any atom is 0.0727 e. The van der Waals surface area contributed by atoms with Crippen LogP contribution in [0.3, 0.4) is 0 Å². The highest BCUT2D eigenvalue weighted by Gasteiger charge is 2.08. The second-order valence-corrected chi connectivity index (χ2v) is 5.40. The number of pyridine rings is 1. The minimum Gasteiger partial charge on any atom is -0.399 e. The van der Waals surface area contributed by atoms with Crippen molar-refractivity contribution in [2.24, 2.45) is 0 Å². The molecule has 2 rings (SSSR count). The lowest BCUT2D eigenvalue weighted by Gasteiger charge is -2.20. The van der Waals surface area contributed by atoms with Crippen LogP contribution in [-0.2, 0) is 0 Å². The van der Waals surface area contributed by atoms with Gasteiger partial charge in [0.2, 0.25) is 0 Å². The van der Waals surface area contributed by atoms with Crippen LogP contribution in [0.5, 0.6) is 0 Å². The van der Waals surface area contributed by atoms with E-state index in [1.807, 2.05) is 25.1 Å². The highest BCUT2D eigenvalue weighted by molar-refractivity contribution is 5.93. The molecule has 0 aliphatic heterocycles. The van der Waals surface area contributed by atoms with E-state index in [-0.39, 0.29) is 0 Å². The SMILES string of the molecule is Cc1cc(NC(C)CN(C)C)c2cc(N)ccc2n1. The third kappa shape index (κ3) is 3.35. The van der Waals surface area contributed by atoms with Crippen molar-refractivity contribution in [3.05, 3.63) is 30.0 Å². The number of hydrogen-bond acceptors (Lipinski definition) is 4. The fourth-order valence-corrected chi connectivity index (χ4v) is 2.35. The van der Waals surface area contributed by atoms with Crippen LogP contribution < -0.4 is 11.1 Å². The Labute approximate surface area is 114 Å². The summed E-state index contributed by atoms with van der Waals surface area (Å²) in [6.07, 6.45) is 0. The number of nitrogen functional groups attached to an aromatic ring is 1. The molecule has 3 N–H and O–H groups in total. The molecule has 1 heterocycles. The maximum absolute atomic E-state index is 5.88. The molecule has 4 nitrogen and oxygen atoms in total. The standard InChI is InChI=1S/C15H22N4/c1-10-7-15(18-11(2)9-19(3)4)13-8-12(16)5-6-14(13)17-10/h5-8,11H,9,16H2,1-4H3,(H,17,18). The highest BCUT2D eigenvalue weighted by Crippen LogP contribution is 2.25. The average Bonchev–Trinajstić information content (AvgIpc) is 2.28. The zero-order valence-corrected chi connectivity index (χ0v) is 12.1. The van der Waals surface area contributed by atoms with Crippen LogP contribution in [0.15, 0.2) is 24.3 Å². The molecule has 1 atom stereocenters. The second kappa shape index (κ2) is 5.45. The lowest BCUT2D eigenvalue weighted by molar-refractivity contribution is 0.392. The smallest absolute Gasteiger partial charge is 0.0727 e. The van der Waals surface area contributed by atoms with Gasteiger partial charge in [-0.25, -0.2) is 0 Å². The summed E-state index contributed by atoms with van der Waals surface area (Å²) < 4.78 is 0. The van der Waals surface area contributed by atoms with Gasteiger partial charge in [-0.2, -0.15) is 0 Å². The Morgan fingerprint density at radius 1 is 1.32 bits per heavy atom. The number of nitrogens with one attached hydrogen (secondary N) is 1. The van der Waals surface area contributed by atoms with Crippen molar-refractivity contribution in [1.29, 1.82) is 0 Å². The number of rotatable bonds is 4. The molecule has 2 aromatic rings. The quantitative estimate of drug-likeness (QED) is 0.827. The number of aromatic nitrogens is 1. The third-order valence-corrected chi connectivity index (χ3v) is 3.00. The molecule has 1 unspecified atom stereocenters. The number of nitrogens with zero attached hydrogens (tertiary/aromatic N) is 2. The van der Waals surface area contributed by atoms with Crippen LogP contribution in [0, 0.1) is 6.92 Å². The van der Waals surface area contributed by atoms with Crippen LogP contribution in [-0.4, -0.2) is 36.6 Å². The Morgan fingerprint density at radius 2 is 2.05 bits per heavy atom. The molecule has 4 heteroatoms. The molecule has 102 valence electrons. The number of fused-ring (bicyclic) bond motifs is 1. The predicted molar refractivity (Wildman–Crippen MR) is 82.5 cm³/mol. The Kier molecular flexibility index (Phi) is 3.90. The number of likely N-dealkylation sites (N-methyl/N-ethyl adjacent to an activating group) is 1. The zero-order valence-electron chi connectivity index (χ0n) is 12.1. The topological polar surface area (TPSA) is 54.2 Å². The van der Waals surface area contributed by atoms with E-state index in [1.165, 1.54) is 0 Å². The number of benzene rings is 1. The van der Waals surface area contributed by atoms with Crippen molar-refractivity contribution in [2.45, 2.75) is 19.9 Å².